The Morgan fingerprint density at radius 3 is 2.92 bits per heavy atom. The summed E-state index contributed by atoms with van der Waals surface area (Å²) in [6.45, 7) is 1.74. The number of carbonyl (C=O) groups excluding carboxylic acids is 1. The third-order valence-electron chi connectivity index (χ3n) is 5.93. The highest BCUT2D eigenvalue weighted by atomic mass is 127. The van der Waals surface area contributed by atoms with Gasteiger partial charge in [0.15, 0.2) is 11.5 Å². The molecule has 13 heteroatoms. The van der Waals surface area contributed by atoms with Crippen LogP contribution in [0.25, 0.3) is 27.8 Å². The smallest absolute Gasteiger partial charge is 0.246 e. The number of hydrogen-bond acceptors (Lipinski definition) is 8. The Morgan fingerprint density at radius 2 is 2.08 bits per heavy atom. The number of likely N-dealkylation sites (N-methyl/N-ethyl adjacent to an activating group) is 1. The van der Waals surface area contributed by atoms with E-state index in [1.54, 1.807) is 12.4 Å². The molecular formula is C25H26IN8O3P. The van der Waals surface area contributed by atoms with Crippen LogP contribution < -0.4 is 15.7 Å². The zero-order valence-electron chi connectivity index (χ0n) is 20.5. The van der Waals surface area contributed by atoms with Crippen LogP contribution in [-0.2, 0) is 14.2 Å². The molecule has 5 rings (SSSR count). The summed E-state index contributed by atoms with van der Waals surface area (Å²) in [6.07, 6.45) is 7.71. The molecule has 0 bridgehead atoms. The lowest BCUT2D eigenvalue weighted by atomic mass is 10.1. The predicted molar refractivity (Wildman–Crippen MR) is 158 cm³/mol. The number of nitrogens with zero attached hydrogens (tertiary/aromatic N) is 5. The van der Waals surface area contributed by atoms with Crippen molar-refractivity contribution in [3.05, 3.63) is 67.3 Å². The summed E-state index contributed by atoms with van der Waals surface area (Å²) in [6, 6.07) is 14.2. The number of fused-ring (bicyclic) bond motifs is 2. The maximum Gasteiger partial charge on any atom is 0.246 e. The third-order valence-corrected chi connectivity index (χ3v) is 6.77. The number of ether oxygens (including phenoxy) is 1. The van der Waals surface area contributed by atoms with Crippen LogP contribution in [-0.4, -0.2) is 57.3 Å². The first-order valence-electron chi connectivity index (χ1n) is 11.8. The highest BCUT2D eigenvalue weighted by molar-refractivity contribution is 14.2. The van der Waals surface area contributed by atoms with Gasteiger partial charge in [0, 0.05) is 54.5 Å². The Balaban J connectivity index is 1.21. The fraction of sp³-hybridized carbons (Fsp3) is 0.200. The van der Waals surface area contributed by atoms with E-state index in [4.69, 9.17) is 14.3 Å². The molecule has 11 nitrogen and oxygen atoms in total. The number of rotatable bonds is 12. The van der Waals surface area contributed by atoms with E-state index in [1.807, 2.05) is 88.3 Å². The number of imidazole rings is 1. The highest BCUT2D eigenvalue weighted by Gasteiger charge is 2.11. The topological polar surface area (TPSA) is 122 Å². The van der Waals surface area contributed by atoms with Crippen molar-refractivity contribution in [2.24, 2.45) is 0 Å². The van der Waals surface area contributed by atoms with Crippen molar-refractivity contribution >= 4 is 68.1 Å². The number of amides is 1. The van der Waals surface area contributed by atoms with E-state index < -0.39 is 0 Å². The van der Waals surface area contributed by atoms with Gasteiger partial charge in [0.05, 0.1) is 37.0 Å². The molecule has 0 aliphatic rings. The van der Waals surface area contributed by atoms with Gasteiger partial charge in [-0.25, -0.2) is 20.1 Å². The van der Waals surface area contributed by atoms with Crippen LogP contribution in [0.5, 0.6) is 0 Å². The van der Waals surface area contributed by atoms with Crippen molar-refractivity contribution < 1.29 is 14.2 Å². The zero-order valence-corrected chi connectivity index (χ0v) is 23.7. The predicted octanol–water partition coefficient (Wildman–Crippen LogP) is 4.85. The Hall–Kier alpha value is -3.32. The molecule has 0 fully saturated rings. The minimum atomic E-state index is -0.183. The molecule has 0 saturated carbocycles. The summed E-state index contributed by atoms with van der Waals surface area (Å²) in [7, 11) is 2.00. The number of hydrogen-bond donors (Lipinski definition) is 3. The van der Waals surface area contributed by atoms with Crippen LogP contribution in [0.1, 0.15) is 6.42 Å². The minimum Gasteiger partial charge on any atom is -0.379 e. The van der Waals surface area contributed by atoms with Crippen LogP contribution in [0.3, 0.4) is 0 Å². The van der Waals surface area contributed by atoms with E-state index in [2.05, 4.69) is 30.9 Å². The van der Waals surface area contributed by atoms with E-state index in [9.17, 15) is 4.79 Å². The quantitative estimate of drug-likeness (QED) is 0.0764. The Labute approximate surface area is 233 Å². The molecule has 0 aliphatic carbocycles. The van der Waals surface area contributed by atoms with Crippen molar-refractivity contribution in [2.75, 3.05) is 37.0 Å². The molecular weight excluding hydrogens is 618 g/mol. The van der Waals surface area contributed by atoms with Gasteiger partial charge in [-0.05, 0) is 52.4 Å². The number of nitrogens with one attached hydrogen (secondary N) is 3. The van der Waals surface area contributed by atoms with Gasteiger partial charge in [-0.3, -0.25) is 9.89 Å². The first kappa shape index (κ1) is 26.3. The molecule has 3 heterocycles. The van der Waals surface area contributed by atoms with Gasteiger partial charge >= 0.3 is 0 Å². The van der Waals surface area contributed by atoms with Gasteiger partial charge in [0.25, 0.3) is 0 Å². The molecule has 0 saturated heterocycles. The maximum atomic E-state index is 11.5. The number of aromatic nitrogens is 5. The van der Waals surface area contributed by atoms with Crippen molar-refractivity contribution in [2.45, 2.75) is 6.42 Å². The number of benzene rings is 2. The highest BCUT2D eigenvalue weighted by Crippen LogP contribution is 2.27. The number of anilines is 3. The average molecular weight is 644 g/mol. The number of aromatic amines is 1. The van der Waals surface area contributed by atoms with Gasteiger partial charge in [-0.15, -0.1) is 0 Å². The molecule has 38 heavy (non-hydrogen) atoms. The summed E-state index contributed by atoms with van der Waals surface area (Å²) in [5, 5.41) is 11.6. The Morgan fingerprint density at radius 1 is 1.21 bits per heavy atom. The van der Waals surface area contributed by atoms with Crippen LogP contribution in [0.15, 0.2) is 67.3 Å². The van der Waals surface area contributed by atoms with Crippen molar-refractivity contribution in [1.82, 2.24) is 30.0 Å². The largest absolute Gasteiger partial charge is 0.379 e. The molecule has 0 aliphatic heterocycles. The normalized spacial score (nSPS) is 11.5. The Bertz CT molecular complexity index is 1520. The number of halogens is 1. The first-order chi connectivity index (χ1) is 18.6. The molecule has 1 atom stereocenters. The van der Waals surface area contributed by atoms with E-state index in [1.165, 1.54) is 0 Å². The number of H-pyrrole nitrogens is 1. The average Bonchev–Trinajstić information content (AvgIpc) is 3.61. The summed E-state index contributed by atoms with van der Waals surface area (Å²) in [5.74, 6) is 0.484. The first-order valence-corrected chi connectivity index (χ1v) is 15.9. The minimum absolute atomic E-state index is 0.183. The second kappa shape index (κ2) is 12.5. The number of hydroxylamine groups is 1. The maximum absolute atomic E-state index is 11.5. The molecule has 0 radical (unpaired) electrons. The summed E-state index contributed by atoms with van der Waals surface area (Å²) < 4.78 is 12.4. The second-order valence-electron chi connectivity index (χ2n) is 8.47. The molecule has 1 amide bonds. The zero-order chi connectivity index (χ0) is 26.3. The van der Waals surface area contributed by atoms with E-state index in [-0.39, 0.29) is 18.8 Å². The van der Waals surface area contributed by atoms with Gasteiger partial charge in [0.1, 0.15) is 6.45 Å². The van der Waals surface area contributed by atoms with Gasteiger partial charge in [-0.1, -0.05) is 12.1 Å². The van der Waals surface area contributed by atoms with Crippen LogP contribution >= 0.6 is 28.5 Å². The number of carbonyl (C=O) groups is 1. The van der Waals surface area contributed by atoms with Crippen molar-refractivity contribution in [1.29, 1.82) is 0 Å². The van der Waals surface area contributed by atoms with E-state index >= 15 is 0 Å². The SMILES string of the molecule is CN(CCOCCC(=O)NOPI)c1ccc(Nc2nc(-c3ccc4cn[nH]c4c3)cn3ccnc23)cc1. The van der Waals surface area contributed by atoms with E-state index in [0.717, 1.165) is 39.2 Å². The molecule has 196 valence electrons. The van der Waals surface area contributed by atoms with Crippen molar-refractivity contribution in [3.8, 4) is 11.3 Å². The lowest BCUT2D eigenvalue weighted by Gasteiger charge is -2.19. The Kier molecular flexibility index (Phi) is 8.64. The fourth-order valence-corrected chi connectivity index (χ4v) is 4.39. The second-order valence-corrected chi connectivity index (χ2v) is 10.1. The summed E-state index contributed by atoms with van der Waals surface area (Å²) in [4.78, 5) is 23.0. The van der Waals surface area contributed by atoms with Crippen molar-refractivity contribution in [3.63, 3.8) is 0 Å². The molecule has 3 aromatic heterocycles. The summed E-state index contributed by atoms with van der Waals surface area (Å²) >= 11 is 2.04. The van der Waals surface area contributed by atoms with Gasteiger partial charge in [0.2, 0.25) is 5.91 Å². The monoisotopic (exact) mass is 644 g/mol. The molecule has 1 unspecified atom stereocenters. The molecule has 2 aromatic carbocycles. The van der Waals surface area contributed by atoms with Crippen LogP contribution in [0.2, 0.25) is 0 Å². The molecule has 5 aromatic rings. The lowest BCUT2D eigenvalue weighted by molar-refractivity contribution is -0.128. The van der Waals surface area contributed by atoms with Gasteiger partial charge in [-0.2, -0.15) is 5.10 Å². The van der Waals surface area contributed by atoms with Crippen LogP contribution in [0.4, 0.5) is 17.2 Å². The standard InChI is InChI=1S/C25H26IN8O3P/c1-33(11-13-36-12-8-23(35)32-37-38-26)20-6-4-19(5-7-20)29-24-25-27-9-10-34(25)16-22(30-24)17-2-3-18-15-28-31-21(18)14-17/h2-7,9-10,14-16,38H,8,11-13H2,1H3,(H,28,31)(H,29,30)(H,32,35). The molecule has 3 N–H and O–H groups in total. The third kappa shape index (κ3) is 6.38. The summed E-state index contributed by atoms with van der Waals surface area (Å²) in [5.41, 5.74) is 7.81. The lowest BCUT2D eigenvalue weighted by Crippen LogP contribution is -2.24. The van der Waals surface area contributed by atoms with Gasteiger partial charge < -0.3 is 19.4 Å². The fourth-order valence-electron chi connectivity index (χ4n) is 3.91. The van der Waals surface area contributed by atoms with E-state index in [0.29, 0.717) is 25.6 Å². The van der Waals surface area contributed by atoms with Crippen LogP contribution in [0, 0.1) is 0 Å². The molecule has 0 spiro atoms.